The number of nitrogens with zero attached hydrogens (tertiary/aromatic N) is 2. The van der Waals surface area contributed by atoms with Crippen molar-refractivity contribution in [3.63, 3.8) is 0 Å². The Morgan fingerprint density at radius 2 is 1.79 bits per heavy atom. The van der Waals surface area contributed by atoms with Crippen LogP contribution in [0.5, 0.6) is 0 Å². The molecule has 0 fully saturated rings. The van der Waals surface area contributed by atoms with E-state index in [1.54, 1.807) is 0 Å². The Labute approximate surface area is 94.3 Å². The van der Waals surface area contributed by atoms with E-state index in [1.165, 1.54) is 11.3 Å². The zero-order valence-corrected chi connectivity index (χ0v) is 10.8. The van der Waals surface area contributed by atoms with Gasteiger partial charge >= 0.3 is 0 Å². The van der Waals surface area contributed by atoms with Crippen molar-refractivity contribution < 1.29 is 0 Å². The van der Waals surface area contributed by atoms with Crippen LogP contribution in [0.25, 0.3) is 0 Å². The predicted octanol–water partition coefficient (Wildman–Crippen LogP) is 3.49. The second kappa shape index (κ2) is 4.87. The molecule has 0 aliphatic heterocycles. The van der Waals surface area contributed by atoms with E-state index in [-0.39, 0.29) is 0 Å². The molecule has 0 saturated carbocycles. The van der Waals surface area contributed by atoms with Gasteiger partial charge in [0.2, 0.25) is 0 Å². The first-order valence-corrected chi connectivity index (χ1v) is 5.94. The lowest BCUT2D eigenvalue weighted by Gasteiger charge is -2.13. The number of aryl methyl sites for hydroxylation is 2. The normalized spacial score (nSPS) is 11.0. The summed E-state index contributed by atoms with van der Waals surface area (Å²) in [5, 5.41) is 0. The Bertz CT molecular complexity index is 321. The van der Waals surface area contributed by atoms with Gasteiger partial charge in [-0.1, -0.05) is 27.7 Å². The molecule has 0 aliphatic carbocycles. The van der Waals surface area contributed by atoms with Crippen LogP contribution in [0, 0.1) is 0 Å². The molecule has 1 aromatic rings. The van der Waals surface area contributed by atoms with Gasteiger partial charge in [0.15, 0.2) is 0 Å². The Morgan fingerprint density at radius 3 is 2.21 bits per heavy atom. The maximum atomic E-state index is 4.55. The van der Waals surface area contributed by atoms with E-state index in [4.69, 9.17) is 0 Å². The van der Waals surface area contributed by atoms with Gasteiger partial charge in [-0.25, -0.2) is 9.97 Å². The summed E-state index contributed by atoms with van der Waals surface area (Å²) in [7, 11) is 0. The minimum atomic E-state index is 0.477. The molecule has 0 amide bonds. The third kappa shape index (κ3) is 2.32. The Hall–Kier alpha value is -0.440. The van der Waals surface area contributed by atoms with E-state index in [9.17, 15) is 0 Å². The van der Waals surface area contributed by atoms with Crippen molar-refractivity contribution >= 4 is 15.9 Å². The molecule has 0 aromatic carbocycles. The molecule has 0 saturated heterocycles. The van der Waals surface area contributed by atoms with Gasteiger partial charge in [-0.05, 0) is 28.3 Å². The van der Waals surface area contributed by atoms with Crippen molar-refractivity contribution in [2.45, 2.75) is 46.5 Å². The van der Waals surface area contributed by atoms with Crippen LogP contribution >= 0.6 is 15.9 Å². The smallest absolute Gasteiger partial charge is 0.129 e. The van der Waals surface area contributed by atoms with Crippen LogP contribution in [-0.4, -0.2) is 9.97 Å². The molecule has 0 bridgehead atoms. The highest BCUT2D eigenvalue weighted by atomic mass is 79.9. The van der Waals surface area contributed by atoms with E-state index >= 15 is 0 Å². The summed E-state index contributed by atoms with van der Waals surface area (Å²) in [6.45, 7) is 8.57. The maximum absolute atomic E-state index is 4.55. The van der Waals surface area contributed by atoms with Crippen molar-refractivity contribution in [3.8, 4) is 0 Å². The third-order valence-electron chi connectivity index (χ3n) is 2.25. The Balaban J connectivity index is 3.27. The van der Waals surface area contributed by atoms with Gasteiger partial charge in [-0.3, -0.25) is 0 Å². The van der Waals surface area contributed by atoms with Gasteiger partial charge in [0.05, 0.1) is 0 Å². The lowest BCUT2D eigenvalue weighted by molar-refractivity contribution is 0.774. The molecule has 0 aliphatic rings. The molecule has 14 heavy (non-hydrogen) atoms. The van der Waals surface area contributed by atoms with Crippen molar-refractivity contribution in [3.05, 3.63) is 21.7 Å². The maximum Gasteiger partial charge on any atom is 0.129 e. The van der Waals surface area contributed by atoms with E-state index in [2.05, 4.69) is 53.6 Å². The van der Waals surface area contributed by atoms with Crippen molar-refractivity contribution in [1.82, 2.24) is 9.97 Å². The molecule has 0 unspecified atom stereocenters. The highest BCUT2D eigenvalue weighted by molar-refractivity contribution is 9.10. The van der Waals surface area contributed by atoms with Crippen LogP contribution in [0.2, 0.25) is 0 Å². The molecule has 0 spiro atoms. The van der Waals surface area contributed by atoms with E-state index in [0.29, 0.717) is 5.92 Å². The number of aromatic nitrogens is 2. The van der Waals surface area contributed by atoms with Crippen LogP contribution in [0.1, 0.15) is 50.7 Å². The molecule has 1 heterocycles. The number of hydrogen-bond donors (Lipinski definition) is 0. The second-order valence-electron chi connectivity index (χ2n) is 3.65. The quantitative estimate of drug-likeness (QED) is 0.774. The molecule has 78 valence electrons. The molecule has 3 heteroatoms. The Morgan fingerprint density at radius 1 is 1.14 bits per heavy atom. The monoisotopic (exact) mass is 256 g/mol. The summed E-state index contributed by atoms with van der Waals surface area (Å²) in [4.78, 5) is 8.98. The van der Waals surface area contributed by atoms with Gasteiger partial charge in [0, 0.05) is 17.7 Å². The van der Waals surface area contributed by atoms with Crippen LogP contribution < -0.4 is 0 Å². The van der Waals surface area contributed by atoms with Gasteiger partial charge in [-0.2, -0.15) is 0 Å². The zero-order valence-electron chi connectivity index (χ0n) is 9.26. The largest absolute Gasteiger partial charge is 0.238 e. The molecular formula is C11H17BrN2. The molecule has 0 radical (unpaired) electrons. The summed E-state index contributed by atoms with van der Waals surface area (Å²) in [6.07, 6.45) is 1.87. The lowest BCUT2D eigenvalue weighted by atomic mass is 10.0. The highest BCUT2D eigenvalue weighted by Gasteiger charge is 2.13. The van der Waals surface area contributed by atoms with Crippen LogP contribution in [-0.2, 0) is 12.8 Å². The van der Waals surface area contributed by atoms with E-state index < -0.39 is 0 Å². The standard InChI is InChI=1S/C11H17BrN2/c1-5-8-10(7(3)4)11(12)14-9(6-2)13-8/h7H,5-6H2,1-4H3. The topological polar surface area (TPSA) is 25.8 Å². The number of hydrogen-bond acceptors (Lipinski definition) is 2. The van der Waals surface area contributed by atoms with Crippen LogP contribution in [0.15, 0.2) is 4.60 Å². The number of halogens is 1. The number of rotatable bonds is 3. The summed E-state index contributed by atoms with van der Waals surface area (Å²) >= 11 is 3.53. The molecule has 0 atom stereocenters. The zero-order chi connectivity index (χ0) is 10.7. The Kier molecular flexibility index (Phi) is 4.05. The van der Waals surface area contributed by atoms with Crippen molar-refractivity contribution in [2.24, 2.45) is 0 Å². The summed E-state index contributed by atoms with van der Waals surface area (Å²) < 4.78 is 0.969. The SMILES string of the molecule is CCc1nc(Br)c(C(C)C)c(CC)n1. The first-order valence-electron chi connectivity index (χ1n) is 5.15. The fourth-order valence-electron chi connectivity index (χ4n) is 1.53. The first kappa shape index (κ1) is 11.6. The molecule has 1 rings (SSSR count). The van der Waals surface area contributed by atoms with Crippen LogP contribution in [0.3, 0.4) is 0 Å². The molecular weight excluding hydrogens is 240 g/mol. The average molecular weight is 257 g/mol. The van der Waals surface area contributed by atoms with Crippen molar-refractivity contribution in [2.75, 3.05) is 0 Å². The minimum Gasteiger partial charge on any atom is -0.238 e. The van der Waals surface area contributed by atoms with Crippen LogP contribution in [0.4, 0.5) is 0 Å². The predicted molar refractivity (Wildman–Crippen MR) is 62.6 cm³/mol. The summed E-state index contributed by atoms with van der Waals surface area (Å²) in [5.74, 6) is 1.41. The molecule has 1 aromatic heterocycles. The fraction of sp³-hybridized carbons (Fsp3) is 0.636. The fourth-order valence-corrected chi connectivity index (χ4v) is 2.42. The van der Waals surface area contributed by atoms with Gasteiger partial charge in [0.25, 0.3) is 0 Å². The minimum absolute atomic E-state index is 0.477. The first-order chi connectivity index (χ1) is 6.60. The average Bonchev–Trinajstić information content (AvgIpc) is 2.15. The summed E-state index contributed by atoms with van der Waals surface area (Å²) in [5.41, 5.74) is 2.43. The second-order valence-corrected chi connectivity index (χ2v) is 4.40. The van der Waals surface area contributed by atoms with Gasteiger partial charge < -0.3 is 0 Å². The summed E-state index contributed by atoms with van der Waals surface area (Å²) in [6, 6.07) is 0. The van der Waals surface area contributed by atoms with Crippen molar-refractivity contribution in [1.29, 1.82) is 0 Å². The van der Waals surface area contributed by atoms with E-state index in [1.807, 2.05) is 0 Å². The highest BCUT2D eigenvalue weighted by Crippen LogP contribution is 2.26. The van der Waals surface area contributed by atoms with E-state index in [0.717, 1.165) is 23.3 Å². The molecule has 0 N–H and O–H groups in total. The third-order valence-corrected chi connectivity index (χ3v) is 2.86. The lowest BCUT2D eigenvalue weighted by Crippen LogP contribution is -2.06. The molecule has 2 nitrogen and oxygen atoms in total. The van der Waals surface area contributed by atoms with Gasteiger partial charge in [0.1, 0.15) is 10.4 Å². The van der Waals surface area contributed by atoms with Gasteiger partial charge in [-0.15, -0.1) is 0 Å².